The van der Waals surface area contributed by atoms with Gasteiger partial charge in [0, 0.05) is 38.6 Å². The number of para-hydroxylation sites is 2. The summed E-state index contributed by atoms with van der Waals surface area (Å²) in [7, 11) is 0. The molecule has 8 aromatic rings. The molecule has 2 N–H and O–H groups in total. The van der Waals surface area contributed by atoms with Crippen molar-refractivity contribution in [3.63, 3.8) is 0 Å². The van der Waals surface area contributed by atoms with Gasteiger partial charge in [0.15, 0.2) is 0 Å². The minimum atomic E-state index is -0.774. The Labute approximate surface area is 376 Å². The Kier molecular flexibility index (Phi) is 9.44. The Balaban J connectivity index is 1.39. The molecule has 2 aliphatic carbocycles. The molecule has 0 saturated heterocycles. The van der Waals surface area contributed by atoms with Crippen LogP contribution in [0.2, 0.25) is 0 Å². The fourth-order valence-electron chi connectivity index (χ4n) is 11.4. The van der Waals surface area contributed by atoms with Gasteiger partial charge in [0.05, 0.1) is 22.5 Å². The first-order valence-electron chi connectivity index (χ1n) is 22.1. The minimum absolute atomic E-state index is 0.0517. The lowest BCUT2D eigenvalue weighted by molar-refractivity contribution is 0.660. The average molecular weight is 831 g/mol. The monoisotopic (exact) mass is 830 g/mol. The molecule has 306 valence electrons. The van der Waals surface area contributed by atoms with Gasteiger partial charge in [-0.1, -0.05) is 196 Å². The van der Waals surface area contributed by atoms with Gasteiger partial charge in [-0.15, -0.1) is 11.8 Å². The molecule has 2 nitrogen and oxygen atoms in total. The van der Waals surface area contributed by atoms with Crippen molar-refractivity contribution in [1.82, 2.24) is 0 Å². The molecule has 1 atom stereocenters. The summed E-state index contributed by atoms with van der Waals surface area (Å²) in [6.07, 6.45) is 8.02. The van der Waals surface area contributed by atoms with Crippen LogP contribution in [-0.4, -0.2) is 6.26 Å². The van der Waals surface area contributed by atoms with Crippen LogP contribution >= 0.6 is 11.8 Å². The van der Waals surface area contributed by atoms with Crippen LogP contribution in [0.3, 0.4) is 0 Å². The normalized spacial score (nSPS) is 15.8. The molecule has 3 heteroatoms. The molecular weight excluding hydrogens is 781 g/mol. The van der Waals surface area contributed by atoms with Crippen molar-refractivity contribution in [2.24, 2.45) is 0 Å². The van der Waals surface area contributed by atoms with Crippen LogP contribution < -0.4 is 10.6 Å². The van der Waals surface area contributed by atoms with Gasteiger partial charge in [-0.05, 0) is 99.0 Å². The van der Waals surface area contributed by atoms with Gasteiger partial charge in [-0.2, -0.15) is 0 Å². The summed E-state index contributed by atoms with van der Waals surface area (Å²) < 4.78 is 0. The van der Waals surface area contributed by atoms with Gasteiger partial charge < -0.3 is 10.6 Å². The molecule has 0 amide bonds. The smallest absolute Gasteiger partial charge is 0.0724 e. The number of allylic oxidation sites excluding steroid dienone is 4. The number of benzene rings is 8. The third kappa shape index (κ3) is 5.86. The number of rotatable bonds is 7. The molecule has 0 saturated carbocycles. The van der Waals surface area contributed by atoms with Gasteiger partial charge in [-0.3, -0.25) is 0 Å². The molecule has 0 fully saturated rings. The lowest BCUT2D eigenvalue weighted by atomic mass is 9.59. The Hall–Kier alpha value is -6.81. The Morgan fingerprint density at radius 2 is 1.24 bits per heavy atom. The van der Waals surface area contributed by atoms with Crippen LogP contribution in [0, 0.1) is 6.92 Å². The zero-order chi connectivity index (χ0) is 42.9. The van der Waals surface area contributed by atoms with E-state index in [1.165, 1.54) is 88.6 Å². The van der Waals surface area contributed by atoms with E-state index < -0.39 is 5.41 Å². The van der Waals surface area contributed by atoms with Crippen molar-refractivity contribution in [2.75, 3.05) is 16.9 Å². The van der Waals surface area contributed by atoms with Gasteiger partial charge in [-0.25, -0.2) is 0 Å². The molecular formula is C60H50N2S. The maximum atomic E-state index is 7.29. The second-order valence-corrected chi connectivity index (χ2v) is 18.6. The van der Waals surface area contributed by atoms with Gasteiger partial charge in [0.25, 0.3) is 0 Å². The molecule has 0 aromatic heterocycles. The predicted molar refractivity (Wildman–Crippen MR) is 268 cm³/mol. The molecule has 2 bridgehead atoms. The third-order valence-electron chi connectivity index (χ3n) is 14.0. The Morgan fingerprint density at radius 1 is 0.619 bits per heavy atom. The zero-order valence-electron chi connectivity index (χ0n) is 36.3. The second kappa shape index (κ2) is 15.2. The highest BCUT2D eigenvalue weighted by Crippen LogP contribution is 2.63. The van der Waals surface area contributed by atoms with E-state index >= 15 is 0 Å². The SMILES string of the molecule is CSc1c2cc(C)cc1N(c1ccccc1-c1ccccc1)c1c(ccc3c1-c1ccccc1C3(C)C)C1=C(C(c3ccccc3)(c3ccccc3)c3ccccc3N)C=CCC12. The van der Waals surface area contributed by atoms with E-state index in [9.17, 15) is 0 Å². The molecule has 1 heterocycles. The fraction of sp³-hybridized carbons (Fsp3) is 0.133. The van der Waals surface area contributed by atoms with E-state index in [1.807, 2.05) is 11.8 Å². The lowest BCUT2D eigenvalue weighted by Gasteiger charge is -2.44. The fourth-order valence-corrected chi connectivity index (χ4v) is 12.2. The van der Waals surface area contributed by atoms with Crippen molar-refractivity contribution in [3.05, 3.63) is 250 Å². The van der Waals surface area contributed by atoms with Crippen LogP contribution in [0.5, 0.6) is 0 Å². The van der Waals surface area contributed by atoms with E-state index in [0.29, 0.717) is 0 Å². The number of thioether (sulfide) groups is 1. The summed E-state index contributed by atoms with van der Waals surface area (Å²) in [5, 5.41) is 0. The van der Waals surface area contributed by atoms with Gasteiger partial charge >= 0.3 is 0 Å². The number of anilines is 4. The van der Waals surface area contributed by atoms with Crippen molar-refractivity contribution in [2.45, 2.75) is 48.8 Å². The number of fused-ring (bicyclic) bond motifs is 10. The maximum absolute atomic E-state index is 7.29. The van der Waals surface area contributed by atoms with Gasteiger partial charge in [0.2, 0.25) is 0 Å². The number of nitrogens with two attached hydrogens (primary N) is 1. The third-order valence-corrected chi connectivity index (χ3v) is 14.9. The van der Waals surface area contributed by atoms with Crippen LogP contribution in [0.25, 0.3) is 27.8 Å². The number of nitrogen functional groups attached to an aromatic ring is 1. The van der Waals surface area contributed by atoms with E-state index in [2.05, 4.69) is 232 Å². The number of hydrogen-bond donors (Lipinski definition) is 1. The van der Waals surface area contributed by atoms with Gasteiger partial charge in [0.1, 0.15) is 0 Å². The van der Waals surface area contributed by atoms with Crippen molar-refractivity contribution in [3.8, 4) is 22.3 Å². The second-order valence-electron chi connectivity index (χ2n) is 17.8. The summed E-state index contributed by atoms with van der Waals surface area (Å²) in [5.41, 5.74) is 28.2. The van der Waals surface area contributed by atoms with Crippen molar-refractivity contribution < 1.29 is 0 Å². The van der Waals surface area contributed by atoms with Crippen LogP contribution in [-0.2, 0) is 10.8 Å². The quantitative estimate of drug-likeness (QED) is 0.0986. The molecule has 0 radical (unpaired) electrons. The van der Waals surface area contributed by atoms with Crippen LogP contribution in [0.15, 0.2) is 211 Å². The van der Waals surface area contributed by atoms with E-state index in [4.69, 9.17) is 5.73 Å². The Morgan fingerprint density at radius 3 is 1.94 bits per heavy atom. The molecule has 1 aliphatic heterocycles. The first-order valence-corrected chi connectivity index (χ1v) is 23.3. The van der Waals surface area contributed by atoms with Crippen molar-refractivity contribution >= 4 is 40.1 Å². The number of aryl methyl sites for hydroxylation is 1. The number of hydrogen-bond acceptors (Lipinski definition) is 3. The largest absolute Gasteiger partial charge is 0.398 e. The number of nitrogens with zero attached hydrogens (tertiary/aromatic N) is 1. The molecule has 8 aromatic carbocycles. The first-order chi connectivity index (χ1) is 30.8. The first kappa shape index (κ1) is 39.1. The van der Waals surface area contributed by atoms with E-state index in [0.717, 1.165) is 23.4 Å². The topological polar surface area (TPSA) is 29.3 Å². The lowest BCUT2D eigenvalue weighted by Crippen LogP contribution is -2.35. The highest BCUT2D eigenvalue weighted by atomic mass is 32.2. The average Bonchev–Trinajstić information content (AvgIpc) is 3.56. The van der Waals surface area contributed by atoms with Crippen LogP contribution in [0.4, 0.5) is 22.7 Å². The summed E-state index contributed by atoms with van der Waals surface area (Å²) in [6.45, 7) is 7.08. The molecule has 0 spiro atoms. The van der Waals surface area contributed by atoms with Crippen LogP contribution in [0.1, 0.15) is 70.7 Å². The van der Waals surface area contributed by atoms with E-state index in [-0.39, 0.29) is 11.3 Å². The molecule has 11 rings (SSSR count). The van der Waals surface area contributed by atoms with Crippen molar-refractivity contribution in [1.29, 1.82) is 0 Å². The minimum Gasteiger partial charge on any atom is -0.398 e. The zero-order valence-corrected chi connectivity index (χ0v) is 37.1. The standard InChI is InChI=1S/C60H50N2S/c1-39-37-47-44-29-20-32-51(60(41-23-10-6-11-24-41,42-25-12-7-13-26-42)49-31-17-18-33-52(49)61)55(44)46-35-36-50-56(45-28-14-16-30-48(45)59(50,2)3)57(46)62(54(38-39)58(47)63-4)53-34-19-15-27-43(53)40-21-8-5-9-22-40/h5-28,30-38,44H,29,61H2,1-4H3. The highest BCUT2D eigenvalue weighted by Gasteiger charge is 2.47. The highest BCUT2D eigenvalue weighted by molar-refractivity contribution is 7.98. The molecule has 3 aliphatic rings. The summed E-state index contributed by atoms with van der Waals surface area (Å²) >= 11 is 1.87. The Bertz CT molecular complexity index is 3080. The molecule has 1 unspecified atom stereocenters. The summed E-state index contributed by atoms with van der Waals surface area (Å²) in [6, 6.07) is 69.6. The maximum Gasteiger partial charge on any atom is 0.0724 e. The summed E-state index contributed by atoms with van der Waals surface area (Å²) in [4.78, 5) is 3.96. The predicted octanol–water partition coefficient (Wildman–Crippen LogP) is 15.6. The van der Waals surface area contributed by atoms with E-state index in [1.54, 1.807) is 0 Å². The summed E-state index contributed by atoms with van der Waals surface area (Å²) in [5.74, 6) is 0.0517. The molecule has 63 heavy (non-hydrogen) atoms.